The minimum Gasteiger partial charge on any atom is -0.372 e. The van der Waals surface area contributed by atoms with Gasteiger partial charge in [0.1, 0.15) is 0 Å². The zero-order valence-electron chi connectivity index (χ0n) is 17.4. The fourth-order valence-corrected chi connectivity index (χ4v) is 4.43. The van der Waals surface area contributed by atoms with Crippen LogP contribution >= 0.6 is 0 Å². The van der Waals surface area contributed by atoms with Crippen molar-refractivity contribution >= 4 is 23.0 Å². The molecule has 5 nitrogen and oxygen atoms in total. The van der Waals surface area contributed by atoms with Crippen LogP contribution in [0.4, 0.5) is 17.1 Å². The summed E-state index contributed by atoms with van der Waals surface area (Å²) >= 11 is 0. The van der Waals surface area contributed by atoms with Crippen molar-refractivity contribution in [2.45, 2.75) is 32.2 Å². The molecule has 2 heterocycles. The van der Waals surface area contributed by atoms with E-state index in [1.54, 1.807) is 0 Å². The molecule has 154 valence electrons. The van der Waals surface area contributed by atoms with Crippen LogP contribution in [0.3, 0.4) is 0 Å². The molecule has 0 bridgehead atoms. The number of nitrogens with one attached hydrogen (secondary N) is 1. The normalized spacial score (nSPS) is 16.6. The summed E-state index contributed by atoms with van der Waals surface area (Å²) in [4.78, 5) is 19.5. The minimum atomic E-state index is 0.0278. The number of rotatable bonds is 7. The number of anilines is 3. The lowest BCUT2D eigenvalue weighted by Gasteiger charge is -2.24. The molecule has 2 aliphatic rings. The van der Waals surface area contributed by atoms with Gasteiger partial charge in [-0.25, -0.2) is 0 Å². The third-order valence-electron chi connectivity index (χ3n) is 5.91. The van der Waals surface area contributed by atoms with E-state index in [4.69, 9.17) is 0 Å². The van der Waals surface area contributed by atoms with Gasteiger partial charge < -0.3 is 15.1 Å². The largest absolute Gasteiger partial charge is 0.372 e. The molecule has 2 aromatic carbocycles. The summed E-state index contributed by atoms with van der Waals surface area (Å²) in [6, 6.07) is 16.8. The summed E-state index contributed by atoms with van der Waals surface area (Å²) in [6.07, 6.45) is 5.07. The number of benzene rings is 2. The molecule has 0 saturated carbocycles. The molecule has 5 heteroatoms. The number of likely N-dealkylation sites (N-methyl/N-ethyl adjacent to an activating group) is 1. The minimum absolute atomic E-state index is 0.0278. The van der Waals surface area contributed by atoms with E-state index < -0.39 is 0 Å². The lowest BCUT2D eigenvalue weighted by atomic mass is 10.1. The maximum absolute atomic E-state index is 12.5. The Morgan fingerprint density at radius 2 is 1.52 bits per heavy atom. The van der Waals surface area contributed by atoms with Crippen molar-refractivity contribution in [3.05, 3.63) is 54.1 Å². The van der Waals surface area contributed by atoms with E-state index >= 15 is 0 Å². The second kappa shape index (κ2) is 9.31. The number of carbonyl (C=O) groups is 1. The van der Waals surface area contributed by atoms with E-state index in [0.29, 0.717) is 6.54 Å². The molecule has 2 aliphatic heterocycles. The van der Waals surface area contributed by atoms with Crippen LogP contribution in [0.25, 0.3) is 0 Å². The van der Waals surface area contributed by atoms with E-state index in [1.165, 1.54) is 42.6 Å². The lowest BCUT2D eigenvalue weighted by Crippen LogP contribution is -2.30. The Morgan fingerprint density at radius 1 is 0.897 bits per heavy atom. The molecule has 2 fully saturated rings. The van der Waals surface area contributed by atoms with Crippen LogP contribution in [-0.2, 0) is 11.3 Å². The third kappa shape index (κ3) is 5.10. The molecule has 2 saturated heterocycles. The maximum Gasteiger partial charge on any atom is 0.238 e. The van der Waals surface area contributed by atoms with Crippen LogP contribution in [0.1, 0.15) is 31.2 Å². The number of hydrogen-bond donors (Lipinski definition) is 1. The molecule has 1 amide bonds. The van der Waals surface area contributed by atoms with Crippen molar-refractivity contribution in [2.75, 3.05) is 54.9 Å². The van der Waals surface area contributed by atoms with Gasteiger partial charge >= 0.3 is 0 Å². The van der Waals surface area contributed by atoms with E-state index in [1.807, 2.05) is 19.2 Å². The van der Waals surface area contributed by atoms with Gasteiger partial charge in [-0.1, -0.05) is 18.2 Å². The molecule has 0 spiro atoms. The summed E-state index contributed by atoms with van der Waals surface area (Å²) in [5, 5.41) is 3.04. The van der Waals surface area contributed by atoms with Gasteiger partial charge in [0.05, 0.1) is 6.54 Å². The molecule has 29 heavy (non-hydrogen) atoms. The van der Waals surface area contributed by atoms with Crippen molar-refractivity contribution in [3.8, 4) is 0 Å². The number of nitrogens with zero attached hydrogens (tertiary/aromatic N) is 3. The highest BCUT2D eigenvalue weighted by Crippen LogP contribution is 2.25. The molecular formula is C24H32N4O. The van der Waals surface area contributed by atoms with Gasteiger partial charge in [-0.2, -0.15) is 0 Å². The smallest absolute Gasteiger partial charge is 0.238 e. The number of hydrogen-bond acceptors (Lipinski definition) is 4. The summed E-state index contributed by atoms with van der Waals surface area (Å²) in [6.45, 7) is 5.68. The molecule has 4 rings (SSSR count). The Kier molecular flexibility index (Phi) is 6.35. The van der Waals surface area contributed by atoms with Gasteiger partial charge in [-0.15, -0.1) is 0 Å². The fourth-order valence-electron chi connectivity index (χ4n) is 4.43. The highest BCUT2D eigenvalue weighted by molar-refractivity contribution is 5.92. The Hall–Kier alpha value is -2.53. The Bertz CT molecular complexity index is 808. The second-order valence-corrected chi connectivity index (χ2v) is 8.28. The Balaban J connectivity index is 1.31. The average molecular weight is 393 g/mol. The van der Waals surface area contributed by atoms with Crippen molar-refractivity contribution in [1.29, 1.82) is 0 Å². The van der Waals surface area contributed by atoms with Gasteiger partial charge in [0.15, 0.2) is 0 Å². The van der Waals surface area contributed by atoms with Gasteiger partial charge in [0, 0.05) is 49.8 Å². The van der Waals surface area contributed by atoms with Gasteiger partial charge in [-0.05, 0) is 68.6 Å². The van der Waals surface area contributed by atoms with Crippen LogP contribution in [0, 0.1) is 0 Å². The summed E-state index contributed by atoms with van der Waals surface area (Å²) in [5.74, 6) is 0.0278. The zero-order chi connectivity index (χ0) is 20.1. The standard InChI is InChI=1S/C24H32N4O/c1-26(18-20-8-2-3-9-23(20)28-16-6-7-17-28)19-24(29)25-21-10-12-22(13-11-21)27-14-4-5-15-27/h2-3,8-13H,4-7,14-19H2,1H3,(H,25,29). The first-order valence-electron chi connectivity index (χ1n) is 10.9. The molecule has 0 aliphatic carbocycles. The third-order valence-corrected chi connectivity index (χ3v) is 5.91. The van der Waals surface area contributed by atoms with Crippen LogP contribution in [0.15, 0.2) is 48.5 Å². The molecule has 0 aromatic heterocycles. The molecule has 1 N–H and O–H groups in total. The van der Waals surface area contributed by atoms with Crippen molar-refractivity contribution in [2.24, 2.45) is 0 Å². The Morgan fingerprint density at radius 3 is 2.21 bits per heavy atom. The van der Waals surface area contributed by atoms with Crippen molar-refractivity contribution in [1.82, 2.24) is 4.90 Å². The molecule has 0 unspecified atom stereocenters. The zero-order valence-corrected chi connectivity index (χ0v) is 17.4. The average Bonchev–Trinajstić information content (AvgIpc) is 3.43. The highest BCUT2D eigenvalue weighted by Gasteiger charge is 2.17. The number of para-hydroxylation sites is 1. The van der Waals surface area contributed by atoms with E-state index in [-0.39, 0.29) is 5.91 Å². The number of carbonyl (C=O) groups excluding carboxylic acids is 1. The fraction of sp³-hybridized carbons (Fsp3) is 0.458. The second-order valence-electron chi connectivity index (χ2n) is 8.28. The van der Waals surface area contributed by atoms with Crippen LogP contribution < -0.4 is 15.1 Å². The summed E-state index contributed by atoms with van der Waals surface area (Å²) in [5.41, 5.74) is 4.72. The van der Waals surface area contributed by atoms with Crippen molar-refractivity contribution in [3.63, 3.8) is 0 Å². The predicted octanol–water partition coefficient (Wildman–Crippen LogP) is 3.96. The SMILES string of the molecule is CN(CC(=O)Nc1ccc(N2CCCC2)cc1)Cc1ccccc1N1CCCC1. The first-order valence-corrected chi connectivity index (χ1v) is 10.9. The van der Waals surface area contributed by atoms with Crippen molar-refractivity contribution < 1.29 is 4.79 Å². The summed E-state index contributed by atoms with van der Waals surface area (Å²) in [7, 11) is 2.01. The van der Waals surface area contributed by atoms with Gasteiger partial charge in [0.25, 0.3) is 0 Å². The molecule has 0 radical (unpaired) electrons. The maximum atomic E-state index is 12.5. The lowest BCUT2D eigenvalue weighted by molar-refractivity contribution is -0.117. The summed E-state index contributed by atoms with van der Waals surface area (Å²) < 4.78 is 0. The predicted molar refractivity (Wildman–Crippen MR) is 121 cm³/mol. The topological polar surface area (TPSA) is 38.8 Å². The van der Waals surface area contributed by atoms with Crippen LogP contribution in [0.2, 0.25) is 0 Å². The molecule has 2 aromatic rings. The highest BCUT2D eigenvalue weighted by atomic mass is 16.2. The van der Waals surface area contributed by atoms with Crippen LogP contribution in [-0.4, -0.2) is 50.6 Å². The van der Waals surface area contributed by atoms with E-state index in [0.717, 1.165) is 38.4 Å². The quantitative estimate of drug-likeness (QED) is 0.774. The van der Waals surface area contributed by atoms with E-state index in [2.05, 4.69) is 56.4 Å². The Labute approximate surface area is 174 Å². The number of amides is 1. The van der Waals surface area contributed by atoms with Gasteiger partial charge in [-0.3, -0.25) is 9.69 Å². The first kappa shape index (κ1) is 19.8. The molecular weight excluding hydrogens is 360 g/mol. The van der Waals surface area contributed by atoms with Gasteiger partial charge in [0.2, 0.25) is 5.91 Å². The van der Waals surface area contributed by atoms with Crippen LogP contribution in [0.5, 0.6) is 0 Å². The first-order chi connectivity index (χ1) is 14.2. The molecule has 0 atom stereocenters. The monoisotopic (exact) mass is 392 g/mol. The van der Waals surface area contributed by atoms with E-state index in [9.17, 15) is 4.79 Å².